The first kappa shape index (κ1) is 14.9. The van der Waals surface area contributed by atoms with E-state index in [1.165, 1.54) is 16.9 Å². The lowest BCUT2D eigenvalue weighted by Gasteiger charge is -2.10. The molecule has 2 heterocycles. The predicted molar refractivity (Wildman–Crippen MR) is 90.1 cm³/mol. The average molecular weight is 314 g/mol. The van der Waals surface area contributed by atoms with Gasteiger partial charge in [0.2, 0.25) is 0 Å². The summed E-state index contributed by atoms with van der Waals surface area (Å²) >= 11 is 1.44. The molecule has 4 nitrogen and oxygen atoms in total. The Bertz CT molecular complexity index is 794. The minimum Gasteiger partial charge on any atom is -0.338 e. The van der Waals surface area contributed by atoms with Crippen LogP contribution in [-0.4, -0.2) is 16.0 Å². The number of hydrogen-bond acceptors (Lipinski definition) is 3. The molecule has 0 radical (unpaired) electrons. The third-order valence-corrected chi connectivity index (χ3v) is 4.71. The van der Waals surface area contributed by atoms with Gasteiger partial charge in [0.15, 0.2) is 5.82 Å². The van der Waals surface area contributed by atoms with Crippen LogP contribution in [0.2, 0.25) is 0 Å². The third kappa shape index (κ3) is 3.61. The zero-order valence-electron chi connectivity index (χ0n) is 12.6. The molecular formula is C17H20N3OS+. The van der Waals surface area contributed by atoms with Crippen molar-refractivity contribution in [2.75, 3.05) is 0 Å². The highest BCUT2D eigenvalue weighted by molar-refractivity contribution is 7.17. The molecule has 22 heavy (non-hydrogen) atoms. The molecule has 2 aromatic heterocycles. The van der Waals surface area contributed by atoms with Crippen molar-refractivity contribution in [2.45, 2.75) is 32.4 Å². The van der Waals surface area contributed by atoms with E-state index in [1.807, 2.05) is 17.5 Å². The number of H-pyrrole nitrogens is 1. The maximum absolute atomic E-state index is 11.9. The van der Waals surface area contributed by atoms with Crippen LogP contribution in [0.25, 0.3) is 10.2 Å². The smallest absolute Gasteiger partial charge is 0.269 e. The van der Waals surface area contributed by atoms with Gasteiger partial charge in [-0.1, -0.05) is 30.3 Å². The van der Waals surface area contributed by atoms with Crippen LogP contribution in [0.3, 0.4) is 0 Å². The Morgan fingerprint density at radius 1 is 1.27 bits per heavy atom. The van der Waals surface area contributed by atoms with E-state index in [1.54, 1.807) is 0 Å². The second kappa shape index (κ2) is 6.85. The highest BCUT2D eigenvalue weighted by atomic mass is 32.1. The molecule has 3 aromatic rings. The first-order chi connectivity index (χ1) is 10.7. The molecule has 0 aliphatic rings. The zero-order chi connectivity index (χ0) is 15.4. The van der Waals surface area contributed by atoms with Gasteiger partial charge >= 0.3 is 0 Å². The molecule has 3 rings (SSSR count). The Kier molecular flexibility index (Phi) is 4.65. The fraction of sp³-hybridized carbons (Fsp3) is 0.294. The second-order valence-electron chi connectivity index (χ2n) is 5.59. The standard InChI is InChI=1S/C17H19N3OS/c1-12(7-8-13-5-3-2-4-6-13)18-11-15-19-14-9-10-22-16(14)17(21)20-15/h2-6,9-10,12,18H,7-8,11H2,1H3,(H,19,20,21)/p+1/t12-/m0/s1. The van der Waals surface area contributed by atoms with E-state index >= 15 is 0 Å². The van der Waals surface area contributed by atoms with Gasteiger partial charge in [0.25, 0.3) is 5.56 Å². The summed E-state index contributed by atoms with van der Waals surface area (Å²) in [6.45, 7) is 2.92. The fourth-order valence-electron chi connectivity index (χ4n) is 2.49. The van der Waals surface area contributed by atoms with E-state index < -0.39 is 0 Å². The maximum Gasteiger partial charge on any atom is 0.269 e. The van der Waals surface area contributed by atoms with E-state index in [-0.39, 0.29) is 5.56 Å². The van der Waals surface area contributed by atoms with Gasteiger partial charge in [0.05, 0.1) is 11.6 Å². The Morgan fingerprint density at radius 2 is 2.09 bits per heavy atom. The fourth-order valence-corrected chi connectivity index (χ4v) is 3.21. The van der Waals surface area contributed by atoms with Crippen molar-refractivity contribution in [3.05, 3.63) is 63.5 Å². The lowest BCUT2D eigenvalue weighted by atomic mass is 10.1. The number of thiophene rings is 1. The number of hydrogen-bond donors (Lipinski definition) is 2. The van der Waals surface area contributed by atoms with E-state index in [9.17, 15) is 4.79 Å². The summed E-state index contributed by atoms with van der Waals surface area (Å²) in [5, 5.41) is 4.14. The number of nitrogens with one attached hydrogen (secondary N) is 1. The molecule has 1 aromatic carbocycles. The minimum atomic E-state index is -0.0275. The largest absolute Gasteiger partial charge is 0.338 e. The molecule has 0 saturated carbocycles. The van der Waals surface area contributed by atoms with E-state index in [4.69, 9.17) is 0 Å². The number of aryl methyl sites for hydroxylation is 1. The molecule has 0 aliphatic carbocycles. The van der Waals surface area contributed by atoms with Crippen molar-refractivity contribution >= 4 is 21.6 Å². The highest BCUT2D eigenvalue weighted by Gasteiger charge is 2.09. The highest BCUT2D eigenvalue weighted by Crippen LogP contribution is 2.13. The van der Waals surface area contributed by atoms with Crippen molar-refractivity contribution in [1.82, 2.24) is 9.97 Å². The van der Waals surface area contributed by atoms with Crippen LogP contribution in [0, 0.1) is 0 Å². The predicted octanol–water partition coefficient (Wildman–Crippen LogP) is 2.07. The molecule has 0 spiro atoms. The molecule has 1 atom stereocenters. The van der Waals surface area contributed by atoms with Gasteiger partial charge in [0.1, 0.15) is 11.2 Å². The summed E-state index contributed by atoms with van der Waals surface area (Å²) in [6.07, 6.45) is 2.18. The Morgan fingerprint density at radius 3 is 2.91 bits per heavy atom. The number of fused-ring (bicyclic) bond motifs is 1. The van der Waals surface area contributed by atoms with Crippen LogP contribution in [-0.2, 0) is 13.0 Å². The van der Waals surface area contributed by atoms with Crippen molar-refractivity contribution < 1.29 is 5.32 Å². The van der Waals surface area contributed by atoms with E-state index in [0.717, 1.165) is 24.2 Å². The van der Waals surface area contributed by atoms with Crippen LogP contribution in [0.5, 0.6) is 0 Å². The van der Waals surface area contributed by atoms with Crippen LogP contribution in [0.15, 0.2) is 46.6 Å². The summed E-state index contributed by atoms with van der Waals surface area (Å²) in [4.78, 5) is 19.3. The van der Waals surface area contributed by atoms with Gasteiger partial charge in [0, 0.05) is 6.42 Å². The Labute approximate surface area is 133 Å². The number of benzene rings is 1. The van der Waals surface area contributed by atoms with Gasteiger partial charge < -0.3 is 10.3 Å². The lowest BCUT2D eigenvalue weighted by molar-refractivity contribution is -0.702. The number of nitrogens with two attached hydrogens (primary N) is 1. The molecule has 3 N–H and O–H groups in total. The van der Waals surface area contributed by atoms with Crippen molar-refractivity contribution in [3.8, 4) is 0 Å². The summed E-state index contributed by atoms with van der Waals surface area (Å²) < 4.78 is 0.709. The van der Waals surface area contributed by atoms with Gasteiger partial charge in [-0.15, -0.1) is 11.3 Å². The Hall–Kier alpha value is -1.98. The SMILES string of the molecule is C[C@@H](CCc1ccccc1)[NH2+]Cc1nc2ccsc2c(=O)[nH]1. The van der Waals surface area contributed by atoms with Crippen molar-refractivity contribution in [2.24, 2.45) is 0 Å². The van der Waals surface area contributed by atoms with Gasteiger partial charge in [-0.2, -0.15) is 0 Å². The normalized spacial score (nSPS) is 12.6. The zero-order valence-corrected chi connectivity index (χ0v) is 13.4. The summed E-state index contributed by atoms with van der Waals surface area (Å²) in [6, 6.07) is 12.9. The summed E-state index contributed by atoms with van der Waals surface area (Å²) in [7, 11) is 0. The van der Waals surface area contributed by atoms with Gasteiger partial charge in [-0.25, -0.2) is 4.98 Å². The molecule has 0 bridgehead atoms. The van der Waals surface area contributed by atoms with Gasteiger partial charge in [-0.05, 0) is 30.4 Å². The summed E-state index contributed by atoms with van der Waals surface area (Å²) in [5.41, 5.74) is 2.14. The van der Waals surface area contributed by atoms with Crippen LogP contribution in [0.1, 0.15) is 24.7 Å². The molecule has 114 valence electrons. The molecule has 0 unspecified atom stereocenters. The van der Waals surface area contributed by atoms with Crippen LogP contribution in [0.4, 0.5) is 0 Å². The van der Waals surface area contributed by atoms with E-state index in [2.05, 4.69) is 46.5 Å². The molecule has 0 fully saturated rings. The Balaban J connectivity index is 1.55. The topological polar surface area (TPSA) is 62.4 Å². The van der Waals surface area contributed by atoms with Crippen molar-refractivity contribution in [1.29, 1.82) is 0 Å². The third-order valence-electron chi connectivity index (χ3n) is 3.81. The van der Waals surface area contributed by atoms with Crippen LogP contribution < -0.4 is 10.9 Å². The first-order valence-corrected chi connectivity index (χ1v) is 8.44. The van der Waals surface area contributed by atoms with Gasteiger partial charge in [-0.3, -0.25) is 4.79 Å². The van der Waals surface area contributed by atoms with E-state index in [0.29, 0.717) is 17.3 Å². The number of aromatic amines is 1. The number of aromatic nitrogens is 2. The number of nitrogens with zero attached hydrogens (tertiary/aromatic N) is 1. The van der Waals surface area contributed by atoms with Crippen molar-refractivity contribution in [3.63, 3.8) is 0 Å². The minimum absolute atomic E-state index is 0.0275. The monoisotopic (exact) mass is 314 g/mol. The second-order valence-corrected chi connectivity index (χ2v) is 6.51. The molecule has 0 amide bonds. The lowest BCUT2D eigenvalue weighted by Crippen LogP contribution is -2.88. The first-order valence-electron chi connectivity index (χ1n) is 7.56. The molecule has 0 aliphatic heterocycles. The quantitative estimate of drug-likeness (QED) is 0.731. The molecule has 5 heteroatoms. The maximum atomic E-state index is 11.9. The molecule has 0 saturated heterocycles. The summed E-state index contributed by atoms with van der Waals surface area (Å²) in [5.74, 6) is 0.752. The number of quaternary nitrogens is 1. The molecular weight excluding hydrogens is 294 g/mol. The van der Waals surface area contributed by atoms with Crippen LogP contribution >= 0.6 is 11.3 Å². The number of rotatable bonds is 6. The average Bonchev–Trinajstić information content (AvgIpc) is 3.01.